The summed E-state index contributed by atoms with van der Waals surface area (Å²) in [7, 11) is 0. The van der Waals surface area contributed by atoms with Crippen LogP contribution in [0.5, 0.6) is 0 Å². The van der Waals surface area contributed by atoms with Gasteiger partial charge in [-0.2, -0.15) is 0 Å². The summed E-state index contributed by atoms with van der Waals surface area (Å²) in [6.45, 7) is 6.27. The summed E-state index contributed by atoms with van der Waals surface area (Å²) in [6, 6.07) is 0.720. The molecule has 1 N–H and O–H groups in total. The third-order valence-electron chi connectivity index (χ3n) is 6.08. The summed E-state index contributed by atoms with van der Waals surface area (Å²) in [5, 5.41) is 3.80. The van der Waals surface area contributed by atoms with Crippen LogP contribution in [0.15, 0.2) is 0 Å². The smallest absolute Gasteiger partial charge is 0.0661 e. The normalized spacial score (nSPS) is 33.0. The number of hydrogen-bond acceptors (Lipinski definition) is 3. The SMILES string of the molecule is CCCNC1CC(OCC2CCOCC2)C12CCCCC2. The Bertz CT molecular complexity index is 308. The van der Waals surface area contributed by atoms with E-state index in [1.807, 2.05) is 0 Å². The van der Waals surface area contributed by atoms with Crippen molar-refractivity contribution in [3.8, 4) is 0 Å². The van der Waals surface area contributed by atoms with Gasteiger partial charge in [0, 0.05) is 31.3 Å². The predicted molar refractivity (Wildman–Crippen MR) is 85.5 cm³/mol. The third-order valence-corrected chi connectivity index (χ3v) is 6.08. The molecule has 122 valence electrons. The van der Waals surface area contributed by atoms with Crippen molar-refractivity contribution in [2.24, 2.45) is 11.3 Å². The van der Waals surface area contributed by atoms with E-state index in [1.165, 1.54) is 64.3 Å². The molecule has 0 amide bonds. The molecule has 3 rings (SSSR count). The van der Waals surface area contributed by atoms with Crippen LogP contribution in [0.2, 0.25) is 0 Å². The predicted octanol–water partition coefficient (Wildman–Crippen LogP) is 3.52. The lowest BCUT2D eigenvalue weighted by atomic mass is 9.55. The Balaban J connectivity index is 1.51. The summed E-state index contributed by atoms with van der Waals surface area (Å²) < 4.78 is 11.9. The van der Waals surface area contributed by atoms with Crippen LogP contribution in [0.4, 0.5) is 0 Å². The Kier molecular flexibility index (Phi) is 5.58. The highest BCUT2D eigenvalue weighted by molar-refractivity contribution is 5.08. The molecule has 2 saturated carbocycles. The first kappa shape index (κ1) is 15.8. The van der Waals surface area contributed by atoms with Crippen molar-refractivity contribution in [2.75, 3.05) is 26.4 Å². The van der Waals surface area contributed by atoms with Gasteiger partial charge in [0.2, 0.25) is 0 Å². The van der Waals surface area contributed by atoms with Crippen molar-refractivity contribution in [3.63, 3.8) is 0 Å². The zero-order valence-corrected chi connectivity index (χ0v) is 13.7. The van der Waals surface area contributed by atoms with Gasteiger partial charge in [-0.05, 0) is 51.0 Å². The molecule has 2 unspecified atom stereocenters. The molecule has 21 heavy (non-hydrogen) atoms. The molecule has 2 atom stereocenters. The molecular weight excluding hydrogens is 262 g/mol. The molecule has 3 aliphatic rings. The van der Waals surface area contributed by atoms with Crippen LogP contribution in [-0.2, 0) is 9.47 Å². The van der Waals surface area contributed by atoms with E-state index < -0.39 is 0 Å². The van der Waals surface area contributed by atoms with Crippen LogP contribution in [-0.4, -0.2) is 38.5 Å². The number of rotatable bonds is 6. The molecule has 1 saturated heterocycles. The maximum atomic E-state index is 6.43. The van der Waals surface area contributed by atoms with Gasteiger partial charge in [0.25, 0.3) is 0 Å². The number of ether oxygens (including phenoxy) is 2. The van der Waals surface area contributed by atoms with Gasteiger partial charge in [-0.25, -0.2) is 0 Å². The number of hydrogen-bond donors (Lipinski definition) is 1. The molecule has 3 heteroatoms. The largest absolute Gasteiger partial charge is 0.381 e. The average molecular weight is 295 g/mol. The Hall–Kier alpha value is -0.120. The highest BCUT2D eigenvalue weighted by Crippen LogP contribution is 2.53. The van der Waals surface area contributed by atoms with Gasteiger partial charge < -0.3 is 14.8 Å². The van der Waals surface area contributed by atoms with E-state index in [1.54, 1.807) is 0 Å². The maximum absolute atomic E-state index is 6.43. The van der Waals surface area contributed by atoms with Gasteiger partial charge in [0.15, 0.2) is 0 Å². The topological polar surface area (TPSA) is 30.5 Å². The van der Waals surface area contributed by atoms with Gasteiger partial charge in [0.05, 0.1) is 6.10 Å². The van der Waals surface area contributed by atoms with Crippen molar-refractivity contribution in [1.82, 2.24) is 5.32 Å². The van der Waals surface area contributed by atoms with E-state index in [2.05, 4.69) is 12.2 Å². The minimum atomic E-state index is 0.471. The highest BCUT2D eigenvalue weighted by Gasteiger charge is 2.55. The van der Waals surface area contributed by atoms with Crippen molar-refractivity contribution >= 4 is 0 Å². The zero-order chi connectivity index (χ0) is 14.5. The lowest BCUT2D eigenvalue weighted by Crippen LogP contribution is -2.64. The van der Waals surface area contributed by atoms with Crippen molar-refractivity contribution in [1.29, 1.82) is 0 Å². The van der Waals surface area contributed by atoms with E-state index in [0.29, 0.717) is 11.5 Å². The lowest BCUT2D eigenvalue weighted by Gasteiger charge is -2.58. The molecule has 0 aromatic heterocycles. The Morgan fingerprint density at radius 2 is 1.90 bits per heavy atom. The van der Waals surface area contributed by atoms with Crippen LogP contribution in [0.3, 0.4) is 0 Å². The summed E-state index contributed by atoms with van der Waals surface area (Å²) >= 11 is 0. The van der Waals surface area contributed by atoms with Gasteiger partial charge in [-0.3, -0.25) is 0 Å². The molecule has 1 spiro atoms. The molecular formula is C18H33NO2. The van der Waals surface area contributed by atoms with Crippen LogP contribution in [0.25, 0.3) is 0 Å². The van der Waals surface area contributed by atoms with E-state index >= 15 is 0 Å². The van der Waals surface area contributed by atoms with E-state index in [0.717, 1.165) is 31.8 Å². The van der Waals surface area contributed by atoms with Crippen LogP contribution in [0.1, 0.15) is 64.7 Å². The van der Waals surface area contributed by atoms with Crippen molar-refractivity contribution in [3.05, 3.63) is 0 Å². The van der Waals surface area contributed by atoms with E-state index in [-0.39, 0.29) is 0 Å². The second-order valence-electron chi connectivity index (χ2n) is 7.41. The fraction of sp³-hybridized carbons (Fsp3) is 1.00. The summed E-state index contributed by atoms with van der Waals surface area (Å²) in [5.41, 5.74) is 0.471. The molecule has 1 aliphatic heterocycles. The van der Waals surface area contributed by atoms with Gasteiger partial charge >= 0.3 is 0 Å². The number of nitrogens with one attached hydrogen (secondary N) is 1. The van der Waals surface area contributed by atoms with Gasteiger partial charge in [-0.1, -0.05) is 26.2 Å². The monoisotopic (exact) mass is 295 g/mol. The van der Waals surface area contributed by atoms with Gasteiger partial charge in [-0.15, -0.1) is 0 Å². The summed E-state index contributed by atoms with van der Waals surface area (Å²) in [6.07, 6.45) is 12.4. The third kappa shape index (κ3) is 3.46. The molecule has 0 bridgehead atoms. The second kappa shape index (κ2) is 7.43. The molecule has 3 fully saturated rings. The van der Waals surface area contributed by atoms with Gasteiger partial charge in [0.1, 0.15) is 0 Å². The Labute approximate surface area is 130 Å². The van der Waals surface area contributed by atoms with E-state index in [4.69, 9.17) is 9.47 Å². The molecule has 0 aromatic carbocycles. The minimum absolute atomic E-state index is 0.471. The fourth-order valence-corrected chi connectivity index (χ4v) is 4.63. The Morgan fingerprint density at radius 3 is 2.62 bits per heavy atom. The van der Waals surface area contributed by atoms with E-state index in [9.17, 15) is 0 Å². The quantitative estimate of drug-likeness (QED) is 0.813. The second-order valence-corrected chi connectivity index (χ2v) is 7.41. The molecule has 0 aromatic rings. The van der Waals surface area contributed by atoms with Crippen LogP contribution < -0.4 is 5.32 Å². The van der Waals surface area contributed by atoms with Crippen LogP contribution in [0, 0.1) is 11.3 Å². The molecule has 0 radical (unpaired) electrons. The molecule has 3 nitrogen and oxygen atoms in total. The first-order valence-electron chi connectivity index (χ1n) is 9.28. The summed E-state index contributed by atoms with van der Waals surface area (Å²) in [4.78, 5) is 0. The molecule has 1 heterocycles. The standard InChI is InChI=1S/C18H33NO2/c1-2-10-19-16-13-17(18(16)8-4-3-5-9-18)21-14-15-6-11-20-12-7-15/h15-17,19H,2-14H2,1H3. The average Bonchev–Trinajstić information content (AvgIpc) is 2.55. The highest BCUT2D eigenvalue weighted by atomic mass is 16.5. The minimum Gasteiger partial charge on any atom is -0.381 e. The van der Waals surface area contributed by atoms with Crippen molar-refractivity contribution in [2.45, 2.75) is 76.9 Å². The lowest BCUT2D eigenvalue weighted by molar-refractivity contribution is -0.162. The Morgan fingerprint density at radius 1 is 1.14 bits per heavy atom. The van der Waals surface area contributed by atoms with Crippen molar-refractivity contribution < 1.29 is 9.47 Å². The van der Waals surface area contributed by atoms with Crippen LogP contribution >= 0.6 is 0 Å². The zero-order valence-electron chi connectivity index (χ0n) is 13.7. The molecule has 2 aliphatic carbocycles. The maximum Gasteiger partial charge on any atom is 0.0661 e. The summed E-state index contributed by atoms with van der Waals surface area (Å²) in [5.74, 6) is 0.738. The first-order chi connectivity index (χ1) is 10.3. The fourth-order valence-electron chi connectivity index (χ4n) is 4.63. The first-order valence-corrected chi connectivity index (χ1v) is 9.28.